The van der Waals surface area contributed by atoms with Crippen molar-refractivity contribution in [2.24, 2.45) is 23.2 Å². The molecular weight excluding hydrogens is 452 g/mol. The Morgan fingerprint density at radius 3 is 2.03 bits per heavy atom. The second kappa shape index (κ2) is 11.3. The zero-order valence-corrected chi connectivity index (χ0v) is 23.7. The van der Waals surface area contributed by atoms with Crippen molar-refractivity contribution in [2.75, 3.05) is 0 Å². The van der Waals surface area contributed by atoms with Crippen LogP contribution in [0.3, 0.4) is 0 Å². The molecule has 5 nitrogen and oxygen atoms in total. The topological polar surface area (TPSA) is 94.8 Å². The molecular formula is C31H46O5. The van der Waals surface area contributed by atoms with Gasteiger partial charge in [-0.1, -0.05) is 62.6 Å². The predicted molar refractivity (Wildman–Crippen MR) is 146 cm³/mol. The molecule has 0 aromatic heterocycles. The lowest BCUT2D eigenvalue weighted by Gasteiger charge is -2.43. The maximum atomic E-state index is 14.1. The van der Waals surface area contributed by atoms with Gasteiger partial charge in [-0.2, -0.15) is 0 Å². The number of aliphatic hydroxyl groups is 3. The van der Waals surface area contributed by atoms with Gasteiger partial charge in [0.2, 0.25) is 0 Å². The van der Waals surface area contributed by atoms with E-state index in [2.05, 4.69) is 13.8 Å². The molecule has 0 heterocycles. The van der Waals surface area contributed by atoms with Crippen molar-refractivity contribution in [3.05, 3.63) is 57.6 Å². The molecule has 0 unspecified atom stereocenters. The lowest BCUT2D eigenvalue weighted by Crippen LogP contribution is -2.45. The minimum absolute atomic E-state index is 0.0104. The maximum absolute atomic E-state index is 14.1. The summed E-state index contributed by atoms with van der Waals surface area (Å²) in [5.41, 5.74) is 0.239. The van der Waals surface area contributed by atoms with Crippen LogP contribution >= 0.6 is 0 Å². The Morgan fingerprint density at radius 2 is 1.58 bits per heavy atom. The maximum Gasteiger partial charge on any atom is 0.184 e. The summed E-state index contributed by atoms with van der Waals surface area (Å²) in [6.45, 7) is 17.3. The zero-order chi connectivity index (χ0) is 27.6. The molecule has 0 fully saturated rings. The number of rotatable bonds is 9. The van der Waals surface area contributed by atoms with Crippen LogP contribution in [0.1, 0.15) is 94.4 Å². The Balaban J connectivity index is 2.97. The van der Waals surface area contributed by atoms with E-state index in [0.29, 0.717) is 12.8 Å². The first-order valence-corrected chi connectivity index (χ1v) is 13.2. The van der Waals surface area contributed by atoms with Gasteiger partial charge in [0.25, 0.3) is 0 Å². The molecule has 0 aliphatic heterocycles. The smallest absolute Gasteiger partial charge is 0.184 e. The summed E-state index contributed by atoms with van der Waals surface area (Å²) in [4.78, 5) is 27.5. The fourth-order valence-corrected chi connectivity index (χ4v) is 5.11. The Hall–Kier alpha value is -2.40. The highest BCUT2D eigenvalue weighted by atomic mass is 16.3. The number of aliphatic hydroxyl groups excluding tert-OH is 2. The van der Waals surface area contributed by atoms with Crippen molar-refractivity contribution in [1.29, 1.82) is 0 Å². The van der Waals surface area contributed by atoms with Gasteiger partial charge in [0, 0.05) is 17.9 Å². The largest absolute Gasteiger partial charge is 0.511 e. The number of ketones is 2. The molecule has 2 aliphatic rings. The molecule has 2 rings (SSSR count). The van der Waals surface area contributed by atoms with Crippen LogP contribution in [-0.2, 0) is 9.59 Å². The van der Waals surface area contributed by atoms with E-state index in [1.54, 1.807) is 6.92 Å². The fraction of sp³-hybridized carbons (Fsp3) is 0.613. The van der Waals surface area contributed by atoms with Crippen molar-refractivity contribution in [1.82, 2.24) is 0 Å². The Kier molecular flexibility index (Phi) is 9.39. The molecule has 2 aliphatic carbocycles. The number of hydrogen-bond donors (Lipinski definition) is 3. The zero-order valence-electron chi connectivity index (χ0n) is 23.7. The summed E-state index contributed by atoms with van der Waals surface area (Å²) in [7, 11) is 0. The van der Waals surface area contributed by atoms with Crippen molar-refractivity contribution in [2.45, 2.75) is 100 Å². The van der Waals surface area contributed by atoms with Gasteiger partial charge in [0.15, 0.2) is 11.6 Å². The van der Waals surface area contributed by atoms with E-state index in [1.807, 2.05) is 59.8 Å². The highest BCUT2D eigenvalue weighted by Crippen LogP contribution is 2.51. The molecule has 0 amide bonds. The third kappa shape index (κ3) is 6.11. The van der Waals surface area contributed by atoms with E-state index in [0.717, 1.165) is 16.7 Å². The van der Waals surface area contributed by atoms with E-state index in [1.165, 1.54) is 0 Å². The Labute approximate surface area is 217 Å². The van der Waals surface area contributed by atoms with E-state index in [9.17, 15) is 24.9 Å². The van der Waals surface area contributed by atoms with Gasteiger partial charge in [-0.05, 0) is 72.1 Å². The second-order valence-electron chi connectivity index (χ2n) is 12.1. The lowest BCUT2D eigenvalue weighted by molar-refractivity contribution is -0.128. The predicted octanol–water partition coefficient (Wildman–Crippen LogP) is 7.25. The normalized spacial score (nSPS) is 24.3. The summed E-state index contributed by atoms with van der Waals surface area (Å²) >= 11 is 0. The summed E-state index contributed by atoms with van der Waals surface area (Å²) < 4.78 is 0. The van der Waals surface area contributed by atoms with Crippen molar-refractivity contribution >= 4 is 11.6 Å². The first-order chi connectivity index (χ1) is 16.5. The van der Waals surface area contributed by atoms with Crippen molar-refractivity contribution in [3.63, 3.8) is 0 Å². The average Bonchev–Trinajstić information content (AvgIpc) is 2.73. The molecule has 36 heavy (non-hydrogen) atoms. The van der Waals surface area contributed by atoms with Crippen LogP contribution < -0.4 is 0 Å². The average molecular weight is 499 g/mol. The highest BCUT2D eigenvalue weighted by Gasteiger charge is 2.53. The van der Waals surface area contributed by atoms with Crippen LogP contribution in [0.25, 0.3) is 0 Å². The van der Waals surface area contributed by atoms with Crippen molar-refractivity contribution in [3.8, 4) is 0 Å². The lowest BCUT2D eigenvalue weighted by atomic mass is 9.62. The summed E-state index contributed by atoms with van der Waals surface area (Å²) in [6.07, 6.45) is 7.35. The van der Waals surface area contributed by atoms with E-state index in [4.69, 9.17) is 0 Å². The summed E-state index contributed by atoms with van der Waals surface area (Å²) in [6, 6.07) is 0. The Morgan fingerprint density at radius 1 is 1.06 bits per heavy atom. The monoisotopic (exact) mass is 498 g/mol. The van der Waals surface area contributed by atoms with Gasteiger partial charge in [-0.3, -0.25) is 9.59 Å². The molecule has 0 saturated heterocycles. The second-order valence-corrected chi connectivity index (χ2v) is 12.1. The van der Waals surface area contributed by atoms with Crippen LogP contribution in [-0.4, -0.2) is 32.5 Å². The summed E-state index contributed by atoms with van der Waals surface area (Å²) in [5, 5.41) is 34.8. The molecule has 0 spiro atoms. The quantitative estimate of drug-likeness (QED) is 0.230. The Bertz CT molecular complexity index is 1010. The molecule has 200 valence electrons. The number of carbonyl (C=O) groups is 2. The van der Waals surface area contributed by atoms with Gasteiger partial charge >= 0.3 is 0 Å². The van der Waals surface area contributed by atoms with Crippen LogP contribution in [0, 0.1) is 23.2 Å². The van der Waals surface area contributed by atoms with Gasteiger partial charge < -0.3 is 15.3 Å². The molecule has 0 radical (unpaired) electrons. The van der Waals surface area contributed by atoms with E-state index in [-0.39, 0.29) is 48.0 Å². The molecule has 0 bridgehead atoms. The van der Waals surface area contributed by atoms with Crippen LogP contribution in [0.2, 0.25) is 0 Å². The highest BCUT2D eigenvalue weighted by molar-refractivity contribution is 6.24. The number of hydrogen-bond acceptors (Lipinski definition) is 5. The number of carbonyl (C=O) groups excluding carboxylic acids is 2. The van der Waals surface area contributed by atoms with Crippen LogP contribution in [0.4, 0.5) is 0 Å². The first-order valence-electron chi connectivity index (χ1n) is 13.2. The minimum Gasteiger partial charge on any atom is -0.511 e. The van der Waals surface area contributed by atoms with Crippen LogP contribution in [0.5, 0.6) is 0 Å². The third-order valence-electron chi connectivity index (χ3n) is 7.48. The van der Waals surface area contributed by atoms with Gasteiger partial charge in [-0.25, -0.2) is 0 Å². The molecule has 2 atom stereocenters. The molecule has 0 aromatic rings. The fourth-order valence-electron chi connectivity index (χ4n) is 5.11. The number of allylic oxidation sites excluding steroid dienone is 8. The SMILES string of the molecule is CC(C)=CCC1(CC=C(C)C)C(=O)C(C(=O)CC(C)C)=C(O)C([C@@H]2C=C(C(C)C)CC[C@]2(C)O)=C1O. The van der Waals surface area contributed by atoms with Gasteiger partial charge in [0.05, 0.1) is 11.0 Å². The van der Waals surface area contributed by atoms with Crippen molar-refractivity contribution < 1.29 is 24.9 Å². The van der Waals surface area contributed by atoms with E-state index < -0.39 is 34.3 Å². The first kappa shape index (κ1) is 29.8. The standard InChI is InChI=1S/C31H46O5/c1-18(2)10-14-31(15-11-19(3)4)28(34)25(23-17-22(21(7)8)12-13-30(23,9)36)27(33)26(29(31)35)24(32)16-20(5)6/h10-11,17,20-21,23,33-34,36H,12-16H2,1-9H3/t23-,30-/m0/s1. The molecule has 0 saturated carbocycles. The third-order valence-corrected chi connectivity index (χ3v) is 7.48. The number of Topliss-reactive ketones (excluding diaryl/α,β-unsaturated/α-hetero) is 2. The van der Waals surface area contributed by atoms with E-state index >= 15 is 0 Å². The molecule has 5 heteroatoms. The van der Waals surface area contributed by atoms with Crippen LogP contribution in [0.15, 0.2) is 57.6 Å². The molecule has 0 aromatic carbocycles. The van der Waals surface area contributed by atoms with Gasteiger partial charge in [-0.15, -0.1) is 0 Å². The summed E-state index contributed by atoms with van der Waals surface area (Å²) in [5.74, 6) is -2.25. The van der Waals surface area contributed by atoms with Gasteiger partial charge in [0.1, 0.15) is 17.1 Å². The minimum atomic E-state index is -1.43. The molecule has 3 N–H and O–H groups in total.